The first-order valence-corrected chi connectivity index (χ1v) is 23.4. The third-order valence-electron chi connectivity index (χ3n) is 10.0. The van der Waals surface area contributed by atoms with Crippen LogP contribution in [0.4, 0.5) is 0 Å². The Morgan fingerprint density at radius 1 is 0.400 bits per heavy atom. The van der Waals surface area contributed by atoms with E-state index in [9.17, 15) is 0 Å². The van der Waals surface area contributed by atoms with E-state index >= 15 is 0 Å². The Kier molecular flexibility index (Phi) is 6.87. The quantitative estimate of drug-likeness (QED) is 0.156. The fourth-order valence-electron chi connectivity index (χ4n) is 8.00. The minimum absolute atomic E-state index is 0.261. The molecule has 45 heavy (non-hydrogen) atoms. The molecule has 0 fully saturated rings. The fourth-order valence-corrected chi connectivity index (χ4v) is 22.7. The summed E-state index contributed by atoms with van der Waals surface area (Å²) < 4.78 is 0.508. The number of hydrogen-bond acceptors (Lipinski definition) is 0. The van der Waals surface area contributed by atoms with E-state index in [2.05, 4.69) is 170 Å². The first-order valence-electron chi connectivity index (χ1n) is 16.0. The van der Waals surface area contributed by atoms with E-state index in [1.807, 2.05) is 0 Å². The Labute approximate surface area is 278 Å². The summed E-state index contributed by atoms with van der Waals surface area (Å²) in [7, 11) is 0. The molecule has 3 aliphatic rings. The van der Waals surface area contributed by atoms with Crippen molar-refractivity contribution in [1.29, 1.82) is 0 Å². The summed E-state index contributed by atoms with van der Waals surface area (Å²) in [6, 6.07) is 55.4. The predicted molar refractivity (Wildman–Crippen MR) is 188 cm³/mol. The van der Waals surface area contributed by atoms with E-state index in [1.165, 1.54) is 38.9 Å². The van der Waals surface area contributed by atoms with Gasteiger partial charge in [0.25, 0.3) is 0 Å². The molecule has 2 heteroatoms. The van der Waals surface area contributed by atoms with Crippen LogP contribution >= 0.6 is 0 Å². The van der Waals surface area contributed by atoms with Gasteiger partial charge in [-0.2, -0.15) is 0 Å². The van der Waals surface area contributed by atoms with Gasteiger partial charge in [-0.05, 0) is 0 Å². The van der Waals surface area contributed by atoms with Gasteiger partial charge in [-0.1, -0.05) is 0 Å². The summed E-state index contributed by atoms with van der Waals surface area (Å²) in [4.78, 5) is 0. The zero-order chi connectivity index (χ0) is 29.7. The molecule has 0 aliphatic heterocycles. The fraction of sp³-hybridized carbons (Fsp3) is 0.0698. The van der Waals surface area contributed by atoms with Gasteiger partial charge in [0.05, 0.1) is 0 Å². The molecule has 0 spiro atoms. The van der Waals surface area contributed by atoms with E-state index in [1.54, 1.807) is 27.1 Å². The topological polar surface area (TPSA) is 0 Å². The first-order chi connectivity index (χ1) is 22.3. The van der Waals surface area contributed by atoms with Crippen LogP contribution in [0.5, 0.6) is 0 Å². The second-order valence-electron chi connectivity index (χ2n) is 12.4. The number of benzene rings is 6. The van der Waals surface area contributed by atoms with E-state index in [0.717, 1.165) is 0 Å². The van der Waals surface area contributed by atoms with Gasteiger partial charge in [-0.25, -0.2) is 0 Å². The molecule has 6 aromatic rings. The van der Waals surface area contributed by atoms with Gasteiger partial charge in [-0.3, -0.25) is 0 Å². The van der Waals surface area contributed by atoms with Crippen molar-refractivity contribution in [2.75, 3.05) is 0 Å². The third-order valence-corrected chi connectivity index (χ3v) is 24.1. The van der Waals surface area contributed by atoms with Gasteiger partial charge in [0.15, 0.2) is 0 Å². The van der Waals surface area contributed by atoms with Crippen LogP contribution < -0.4 is 10.4 Å². The zero-order valence-corrected chi connectivity index (χ0v) is 28.6. The van der Waals surface area contributed by atoms with Crippen molar-refractivity contribution in [3.8, 4) is 11.1 Å². The molecular formula is C43H32SiZr. The molecule has 0 nitrogen and oxygen atoms in total. The molecule has 9 rings (SSSR count). The molecule has 212 valence electrons. The minimum atomic E-state index is -1.40. The summed E-state index contributed by atoms with van der Waals surface area (Å²) in [6.45, 7) is 0. The molecule has 0 heterocycles. The van der Waals surface area contributed by atoms with Crippen molar-refractivity contribution in [2.45, 2.75) is 15.5 Å². The number of rotatable bonds is 6. The van der Waals surface area contributed by atoms with Gasteiger partial charge in [0.2, 0.25) is 0 Å². The normalized spacial score (nSPS) is 18.5. The molecule has 0 aromatic heterocycles. The second kappa shape index (κ2) is 11.4. The molecule has 3 aliphatic carbocycles. The van der Waals surface area contributed by atoms with Crippen LogP contribution in [0.2, 0.25) is 0 Å². The molecule has 0 radical (unpaired) electrons. The Morgan fingerprint density at radius 3 is 1.60 bits per heavy atom. The Balaban J connectivity index is 1.29. The van der Waals surface area contributed by atoms with Crippen molar-refractivity contribution in [2.24, 2.45) is 0 Å². The molecule has 0 saturated heterocycles. The van der Waals surface area contributed by atoms with Gasteiger partial charge in [-0.15, -0.1) is 0 Å². The monoisotopic (exact) mass is 666 g/mol. The summed E-state index contributed by atoms with van der Waals surface area (Å²) in [6.07, 6.45) is 9.64. The van der Waals surface area contributed by atoms with Gasteiger partial charge < -0.3 is 0 Å². The van der Waals surface area contributed by atoms with E-state index in [4.69, 9.17) is 0 Å². The van der Waals surface area contributed by atoms with Crippen LogP contribution in [0.3, 0.4) is 0 Å². The second-order valence-corrected chi connectivity index (χ2v) is 23.1. The van der Waals surface area contributed by atoms with Crippen LogP contribution in [0.25, 0.3) is 23.3 Å². The molecule has 0 amide bonds. The predicted octanol–water partition coefficient (Wildman–Crippen LogP) is 8.69. The summed E-state index contributed by atoms with van der Waals surface area (Å²) in [5, 5.41) is 3.19. The average Bonchev–Trinajstić information content (AvgIpc) is 3.82. The van der Waals surface area contributed by atoms with Gasteiger partial charge in [0.1, 0.15) is 0 Å². The Morgan fingerprint density at radius 2 is 0.933 bits per heavy atom. The van der Waals surface area contributed by atoms with Gasteiger partial charge in [0, 0.05) is 0 Å². The van der Waals surface area contributed by atoms with Crippen molar-refractivity contribution in [1.82, 2.24) is 0 Å². The molecule has 0 bridgehead atoms. The van der Waals surface area contributed by atoms with Crippen molar-refractivity contribution in [3.63, 3.8) is 0 Å². The Hall–Kier alpha value is -4.10. The maximum absolute atomic E-state index is 2.49. The molecule has 0 N–H and O–H groups in total. The molecule has 6 aromatic carbocycles. The van der Waals surface area contributed by atoms with Crippen molar-refractivity contribution < 1.29 is 22.4 Å². The number of fused-ring (bicyclic) bond motifs is 5. The summed E-state index contributed by atoms with van der Waals surface area (Å²) >= 11 is -1.04. The van der Waals surface area contributed by atoms with Crippen LogP contribution in [-0.4, -0.2) is 5.92 Å². The van der Waals surface area contributed by atoms with Crippen molar-refractivity contribution >= 4 is 28.4 Å². The summed E-state index contributed by atoms with van der Waals surface area (Å²) in [5.41, 5.74) is 14.8. The zero-order valence-electron chi connectivity index (χ0n) is 25.0. The summed E-state index contributed by atoms with van der Waals surface area (Å²) in [5.74, 6) is -0.868. The maximum atomic E-state index is 2.49. The van der Waals surface area contributed by atoms with E-state index < -0.39 is 28.3 Å². The molecular weight excluding hydrogens is 636 g/mol. The molecule has 3 unspecified atom stereocenters. The van der Waals surface area contributed by atoms with Crippen LogP contribution in [0, 0.1) is 0 Å². The van der Waals surface area contributed by atoms with Crippen LogP contribution in [0.1, 0.15) is 60.0 Å². The average molecular weight is 668 g/mol. The molecule has 0 saturated carbocycles. The Bertz CT molecular complexity index is 2070. The SMILES string of the molecule is C1=CC(c2ccc3c(c2C2C=Cc4ccccc42)[CH]([Zr][SiH](c2ccccc2)c2ccccc2)c2ccccc2-3)c2ccccc21. The van der Waals surface area contributed by atoms with Crippen LogP contribution in [0.15, 0.2) is 158 Å². The van der Waals surface area contributed by atoms with Gasteiger partial charge >= 0.3 is 280 Å². The van der Waals surface area contributed by atoms with Crippen LogP contribution in [-0.2, 0) is 22.4 Å². The first kappa shape index (κ1) is 27.2. The van der Waals surface area contributed by atoms with Crippen molar-refractivity contribution in [3.05, 3.63) is 202 Å². The number of allylic oxidation sites excluding steroid dienone is 2. The number of hydrogen-bond donors (Lipinski definition) is 0. The van der Waals surface area contributed by atoms with E-state index in [0.29, 0.717) is 3.63 Å². The standard InChI is InChI=1S/C31H21.C12H11Si.Zr/c1-4-10-23-20(7-1)13-15-26(23)29-18-17-27-25-12-6-3-9-22(25)19-30(27)31(29)28-16-14-21-8-2-5-11-24(21)28;1-3-7-11(8-4-1)13-12-9-5-2-6-10-12;/h1-19,26,28H;1-10,13H;. The molecule has 3 atom stereocenters. The van der Waals surface area contributed by atoms with E-state index in [-0.39, 0.29) is 11.8 Å². The third kappa shape index (κ3) is 4.58.